The first kappa shape index (κ1) is 13.7. The second kappa shape index (κ2) is 5.11. The molecule has 1 saturated heterocycles. The van der Waals surface area contributed by atoms with Crippen LogP contribution in [0.4, 0.5) is 18.9 Å². The van der Waals surface area contributed by atoms with Gasteiger partial charge in [-0.15, -0.1) is 0 Å². The second-order valence-corrected chi connectivity index (χ2v) is 4.60. The van der Waals surface area contributed by atoms with E-state index in [-0.39, 0.29) is 13.0 Å². The Hall–Kier alpha value is -1.72. The molecule has 1 aliphatic rings. The van der Waals surface area contributed by atoms with Crippen LogP contribution in [-0.2, 0) is 4.79 Å². The smallest absolute Gasteiger partial charge is 0.409 e. The van der Waals surface area contributed by atoms with Gasteiger partial charge in [-0.05, 0) is 25.0 Å². The summed E-state index contributed by atoms with van der Waals surface area (Å²) >= 11 is 0. The predicted octanol–water partition coefficient (Wildman–Crippen LogP) is 2.92. The molecular formula is C13H14F3NO2. The lowest BCUT2D eigenvalue weighted by Crippen LogP contribution is -2.56. The molecule has 104 valence electrons. The molecule has 0 aromatic heterocycles. The van der Waals surface area contributed by atoms with E-state index in [1.807, 2.05) is 0 Å². The Morgan fingerprint density at radius 1 is 1.26 bits per heavy atom. The van der Waals surface area contributed by atoms with Gasteiger partial charge in [-0.1, -0.05) is 18.2 Å². The maximum Gasteiger partial charge on any atom is 0.409 e. The van der Waals surface area contributed by atoms with Crippen LogP contribution in [0.5, 0.6) is 0 Å². The van der Waals surface area contributed by atoms with Gasteiger partial charge in [0.1, 0.15) is 6.04 Å². The Morgan fingerprint density at radius 2 is 1.89 bits per heavy atom. The Balaban J connectivity index is 2.38. The zero-order valence-electron chi connectivity index (χ0n) is 10.1. The van der Waals surface area contributed by atoms with Crippen LogP contribution in [0.3, 0.4) is 0 Å². The largest absolute Gasteiger partial charge is 0.481 e. The van der Waals surface area contributed by atoms with Gasteiger partial charge in [0.25, 0.3) is 0 Å². The van der Waals surface area contributed by atoms with Gasteiger partial charge in [0, 0.05) is 12.2 Å². The van der Waals surface area contributed by atoms with E-state index in [1.165, 1.54) is 0 Å². The summed E-state index contributed by atoms with van der Waals surface area (Å²) in [7, 11) is 0. The monoisotopic (exact) mass is 273 g/mol. The average Bonchev–Trinajstić information content (AvgIpc) is 2.38. The van der Waals surface area contributed by atoms with Crippen LogP contribution in [0.15, 0.2) is 30.3 Å². The van der Waals surface area contributed by atoms with Crippen LogP contribution in [0.1, 0.15) is 12.8 Å². The molecule has 0 saturated carbocycles. The Bertz CT molecular complexity index is 447. The fraction of sp³-hybridized carbons (Fsp3) is 0.462. The number of hydrogen-bond donors (Lipinski definition) is 1. The van der Waals surface area contributed by atoms with Crippen molar-refractivity contribution in [2.24, 2.45) is 5.92 Å². The highest BCUT2D eigenvalue weighted by atomic mass is 19.4. The minimum atomic E-state index is -4.56. The number of carboxylic acid groups (broad SMARTS) is 1. The lowest BCUT2D eigenvalue weighted by Gasteiger charge is -2.41. The predicted molar refractivity (Wildman–Crippen MR) is 64.0 cm³/mol. The molecule has 1 aliphatic heterocycles. The van der Waals surface area contributed by atoms with Crippen LogP contribution in [0, 0.1) is 5.92 Å². The number of carbonyl (C=O) groups is 1. The van der Waals surface area contributed by atoms with E-state index < -0.39 is 24.1 Å². The number of para-hydroxylation sites is 1. The summed E-state index contributed by atoms with van der Waals surface area (Å²) in [5, 5.41) is 9.01. The van der Waals surface area contributed by atoms with Crippen molar-refractivity contribution in [2.75, 3.05) is 11.4 Å². The molecule has 1 aromatic carbocycles. The number of alkyl halides is 3. The molecule has 19 heavy (non-hydrogen) atoms. The number of carboxylic acids is 1. The third kappa shape index (κ3) is 2.83. The summed E-state index contributed by atoms with van der Waals surface area (Å²) in [5.74, 6) is -2.79. The number of piperidine rings is 1. The lowest BCUT2D eigenvalue weighted by molar-refractivity contribution is -0.177. The standard InChI is InChI=1S/C13H14F3NO2/c14-13(15,16)11-10(12(18)19)7-4-8-17(11)9-5-2-1-3-6-9/h1-3,5-6,10-11H,4,7-8H2,(H,18,19). The Morgan fingerprint density at radius 3 is 2.42 bits per heavy atom. The first-order valence-corrected chi connectivity index (χ1v) is 6.02. The van der Waals surface area contributed by atoms with E-state index in [9.17, 15) is 18.0 Å². The molecule has 0 amide bonds. The van der Waals surface area contributed by atoms with Crippen molar-refractivity contribution >= 4 is 11.7 Å². The molecule has 6 heteroatoms. The van der Waals surface area contributed by atoms with Gasteiger partial charge in [0.15, 0.2) is 0 Å². The molecular weight excluding hydrogens is 259 g/mol. The molecule has 1 fully saturated rings. The summed E-state index contributed by atoms with van der Waals surface area (Å²) in [6.07, 6.45) is -4.05. The fourth-order valence-corrected chi connectivity index (χ4v) is 2.57. The van der Waals surface area contributed by atoms with E-state index in [2.05, 4.69) is 0 Å². The zero-order valence-corrected chi connectivity index (χ0v) is 10.1. The van der Waals surface area contributed by atoms with E-state index in [0.717, 1.165) is 4.90 Å². The number of benzene rings is 1. The second-order valence-electron chi connectivity index (χ2n) is 4.60. The van der Waals surface area contributed by atoms with Crippen molar-refractivity contribution in [1.29, 1.82) is 0 Å². The summed E-state index contributed by atoms with van der Waals surface area (Å²) in [6, 6.07) is 6.19. The van der Waals surface area contributed by atoms with Crippen molar-refractivity contribution in [1.82, 2.24) is 0 Å². The minimum absolute atomic E-state index is 0.0584. The molecule has 0 aliphatic carbocycles. The van der Waals surface area contributed by atoms with Crippen LogP contribution in [0.2, 0.25) is 0 Å². The fourth-order valence-electron chi connectivity index (χ4n) is 2.57. The van der Waals surface area contributed by atoms with Gasteiger partial charge in [-0.2, -0.15) is 13.2 Å². The van der Waals surface area contributed by atoms with E-state index in [4.69, 9.17) is 5.11 Å². The van der Waals surface area contributed by atoms with E-state index in [1.54, 1.807) is 30.3 Å². The first-order chi connectivity index (χ1) is 8.91. The lowest BCUT2D eigenvalue weighted by atomic mass is 9.88. The van der Waals surface area contributed by atoms with Gasteiger partial charge in [-0.3, -0.25) is 4.79 Å². The molecule has 0 bridgehead atoms. The topological polar surface area (TPSA) is 40.5 Å². The highest BCUT2D eigenvalue weighted by molar-refractivity contribution is 5.72. The number of rotatable bonds is 2. The number of aliphatic carboxylic acids is 1. The Labute approximate surface area is 108 Å². The van der Waals surface area contributed by atoms with Gasteiger partial charge < -0.3 is 10.0 Å². The molecule has 3 nitrogen and oxygen atoms in total. The normalized spacial score (nSPS) is 24.3. The molecule has 2 unspecified atom stereocenters. The van der Waals surface area contributed by atoms with Crippen molar-refractivity contribution < 1.29 is 23.1 Å². The minimum Gasteiger partial charge on any atom is -0.481 e. The first-order valence-electron chi connectivity index (χ1n) is 6.02. The van der Waals surface area contributed by atoms with Crippen molar-refractivity contribution in [2.45, 2.75) is 25.1 Å². The van der Waals surface area contributed by atoms with Gasteiger partial charge in [-0.25, -0.2) is 0 Å². The average molecular weight is 273 g/mol. The van der Waals surface area contributed by atoms with Gasteiger partial charge in [0.2, 0.25) is 0 Å². The van der Waals surface area contributed by atoms with Crippen LogP contribution < -0.4 is 4.90 Å². The number of anilines is 1. The van der Waals surface area contributed by atoms with Crippen LogP contribution in [-0.4, -0.2) is 29.8 Å². The summed E-state index contributed by atoms with van der Waals surface area (Å²) in [4.78, 5) is 12.2. The highest BCUT2D eigenvalue weighted by Crippen LogP contribution is 2.38. The quantitative estimate of drug-likeness (QED) is 0.900. The molecule has 1 heterocycles. The van der Waals surface area contributed by atoms with Crippen molar-refractivity contribution in [3.05, 3.63) is 30.3 Å². The third-order valence-corrected chi connectivity index (χ3v) is 3.37. The summed E-state index contributed by atoms with van der Waals surface area (Å²) in [6.45, 7) is 0.220. The number of hydrogen-bond acceptors (Lipinski definition) is 2. The summed E-state index contributed by atoms with van der Waals surface area (Å²) < 4.78 is 39.5. The van der Waals surface area contributed by atoms with E-state index >= 15 is 0 Å². The van der Waals surface area contributed by atoms with Crippen LogP contribution >= 0.6 is 0 Å². The third-order valence-electron chi connectivity index (χ3n) is 3.37. The number of halogens is 3. The molecule has 1 N–H and O–H groups in total. The van der Waals surface area contributed by atoms with Gasteiger partial charge >= 0.3 is 12.1 Å². The molecule has 0 radical (unpaired) electrons. The highest BCUT2D eigenvalue weighted by Gasteiger charge is 2.52. The SMILES string of the molecule is O=C(O)C1CCCN(c2ccccc2)C1C(F)(F)F. The molecule has 2 atom stereocenters. The maximum atomic E-state index is 13.2. The number of nitrogens with zero attached hydrogens (tertiary/aromatic N) is 1. The maximum absolute atomic E-state index is 13.2. The molecule has 0 spiro atoms. The van der Waals surface area contributed by atoms with Crippen LogP contribution in [0.25, 0.3) is 0 Å². The Kier molecular flexibility index (Phi) is 3.68. The summed E-state index contributed by atoms with van der Waals surface area (Å²) in [5.41, 5.74) is 0.413. The van der Waals surface area contributed by atoms with Crippen molar-refractivity contribution in [3.63, 3.8) is 0 Å². The molecule has 2 rings (SSSR count). The van der Waals surface area contributed by atoms with Gasteiger partial charge in [0.05, 0.1) is 5.92 Å². The molecule has 1 aromatic rings. The van der Waals surface area contributed by atoms with Crippen molar-refractivity contribution in [3.8, 4) is 0 Å². The zero-order chi connectivity index (χ0) is 14.0. The van der Waals surface area contributed by atoms with E-state index in [0.29, 0.717) is 12.1 Å².